The largest absolute Gasteiger partial charge is 0.673 e. The van der Waals surface area contributed by atoms with E-state index in [1.807, 2.05) is 0 Å². The van der Waals surface area contributed by atoms with Gasteiger partial charge in [0.25, 0.3) is 0 Å². The van der Waals surface area contributed by atoms with Gasteiger partial charge in [-0.1, -0.05) is 127 Å². The lowest BCUT2D eigenvalue weighted by molar-refractivity contribution is 0.368. The molecule has 0 aromatic heterocycles. The predicted octanol–water partition coefficient (Wildman–Crippen LogP) is 8.12. The SMILES string of the molecule is F[B-](F)(F)F.c1ccc(P(c2ccccc2)c2cc3ccc2CCc2ccc(cc2[PH+](c2ccccc2)c2ccccc2)CC3)cc1. The Bertz CT molecular complexity index is 1660. The minimum Gasteiger partial charge on any atom is -0.418 e. The highest BCUT2D eigenvalue weighted by Gasteiger charge is 2.29. The Morgan fingerprint density at radius 2 is 0.851 bits per heavy atom. The van der Waals surface area contributed by atoms with Gasteiger partial charge < -0.3 is 17.3 Å². The van der Waals surface area contributed by atoms with Crippen LogP contribution in [0.15, 0.2) is 158 Å². The molecule has 4 bridgehead atoms. The van der Waals surface area contributed by atoms with Gasteiger partial charge in [0.1, 0.15) is 15.9 Å². The van der Waals surface area contributed by atoms with Crippen molar-refractivity contribution in [2.75, 3.05) is 0 Å². The van der Waals surface area contributed by atoms with Gasteiger partial charge >= 0.3 is 7.25 Å². The molecule has 0 aliphatic heterocycles. The van der Waals surface area contributed by atoms with E-state index in [2.05, 4.69) is 158 Å². The zero-order chi connectivity index (χ0) is 32.6. The van der Waals surface area contributed by atoms with E-state index in [-0.39, 0.29) is 0 Å². The quantitative estimate of drug-likeness (QED) is 0.0959. The number of benzene rings is 6. The van der Waals surface area contributed by atoms with Crippen LogP contribution in [0.3, 0.4) is 0 Å². The molecule has 0 saturated heterocycles. The second-order valence-corrected chi connectivity index (χ2v) is 16.2. The number of hydrogen-bond donors (Lipinski definition) is 0. The van der Waals surface area contributed by atoms with Crippen LogP contribution in [0.1, 0.15) is 22.3 Å². The summed E-state index contributed by atoms with van der Waals surface area (Å²) in [6.45, 7) is 0. The van der Waals surface area contributed by atoms with Crippen molar-refractivity contribution < 1.29 is 17.3 Å². The first kappa shape index (κ1) is 32.9. The molecule has 0 spiro atoms. The third-order valence-electron chi connectivity index (χ3n) is 8.35. The minimum absolute atomic E-state index is 0.642. The Hall–Kier alpha value is -4.04. The van der Waals surface area contributed by atoms with Gasteiger partial charge in [-0.15, -0.1) is 0 Å². The molecule has 7 heteroatoms. The molecule has 0 N–H and O–H groups in total. The average Bonchev–Trinajstić information content (AvgIpc) is 3.08. The maximum absolute atomic E-state index is 9.75. The lowest BCUT2D eigenvalue weighted by atomic mass is 9.96. The second kappa shape index (κ2) is 15.2. The van der Waals surface area contributed by atoms with Crippen LogP contribution < -0.4 is 31.8 Å². The van der Waals surface area contributed by atoms with Crippen LogP contribution in [0.2, 0.25) is 0 Å². The summed E-state index contributed by atoms with van der Waals surface area (Å²) < 4.78 is 39.0. The fourth-order valence-corrected chi connectivity index (χ4v) is 11.7. The molecule has 4 aliphatic carbocycles. The molecular weight excluding hydrogens is 629 g/mol. The summed E-state index contributed by atoms with van der Waals surface area (Å²) in [6.07, 6.45) is 4.19. The van der Waals surface area contributed by atoms with Crippen LogP contribution in [-0.2, 0) is 25.7 Å². The first-order valence-electron chi connectivity index (χ1n) is 15.8. The molecular formula is C40H35BF4P2. The van der Waals surface area contributed by atoms with Gasteiger partial charge in [0.05, 0.1) is 7.92 Å². The molecule has 236 valence electrons. The number of hydrogen-bond acceptors (Lipinski definition) is 0. The predicted molar refractivity (Wildman–Crippen MR) is 197 cm³/mol. The van der Waals surface area contributed by atoms with E-state index in [9.17, 15) is 17.3 Å². The van der Waals surface area contributed by atoms with Gasteiger partial charge in [0.15, 0.2) is 0 Å². The van der Waals surface area contributed by atoms with Crippen LogP contribution in [0, 0.1) is 0 Å². The molecule has 0 atom stereocenters. The van der Waals surface area contributed by atoms with Crippen LogP contribution >= 0.6 is 15.8 Å². The maximum atomic E-state index is 9.75. The lowest BCUT2D eigenvalue weighted by Crippen LogP contribution is -2.26. The summed E-state index contributed by atoms with van der Waals surface area (Å²) in [5.74, 6) is 0. The third kappa shape index (κ3) is 8.66. The van der Waals surface area contributed by atoms with E-state index in [0.717, 1.165) is 25.7 Å². The van der Waals surface area contributed by atoms with Crippen molar-refractivity contribution in [2.45, 2.75) is 25.7 Å². The van der Waals surface area contributed by atoms with Crippen molar-refractivity contribution in [1.82, 2.24) is 0 Å². The molecule has 0 amide bonds. The van der Waals surface area contributed by atoms with Gasteiger partial charge in [-0.05, 0) is 102 Å². The molecule has 0 fully saturated rings. The Morgan fingerprint density at radius 1 is 0.447 bits per heavy atom. The molecule has 0 unspecified atom stereocenters. The normalized spacial score (nSPS) is 12.7. The topological polar surface area (TPSA) is 0 Å². The van der Waals surface area contributed by atoms with Gasteiger partial charge in [-0.25, -0.2) is 0 Å². The summed E-state index contributed by atoms with van der Waals surface area (Å²) in [6, 6.07) is 59.5. The van der Waals surface area contributed by atoms with Gasteiger partial charge in [-0.3, -0.25) is 0 Å². The van der Waals surface area contributed by atoms with E-state index in [1.54, 1.807) is 5.30 Å². The third-order valence-corrected chi connectivity index (χ3v) is 13.7. The monoisotopic (exact) mass is 664 g/mol. The molecule has 10 rings (SSSR count). The molecule has 0 nitrogen and oxygen atoms in total. The zero-order valence-electron chi connectivity index (χ0n) is 25.9. The maximum Gasteiger partial charge on any atom is 0.673 e. The number of halogens is 4. The Morgan fingerprint density at radius 3 is 1.34 bits per heavy atom. The van der Waals surface area contributed by atoms with Gasteiger partial charge in [-0.2, -0.15) is 0 Å². The van der Waals surface area contributed by atoms with Crippen molar-refractivity contribution in [2.24, 2.45) is 0 Å². The van der Waals surface area contributed by atoms with Crippen molar-refractivity contribution in [1.29, 1.82) is 0 Å². The van der Waals surface area contributed by atoms with E-state index in [0.29, 0.717) is 0 Å². The van der Waals surface area contributed by atoms with Crippen LogP contribution in [0.4, 0.5) is 17.3 Å². The standard InChI is InChI=1S/C40H34P2.BF4/c1-5-13-35(14-6-1)41(36-15-7-2-8-16-36)39-29-31-21-22-32-24-26-34(28-27-33(39)25-23-31)40(30-32)42(37-17-9-3-10-18-37)38-19-11-4-12-20-38;2-1(3,4)5/h1-20,23-26,29-30H,21-22,27-28H2;/q;-1/p+1. The van der Waals surface area contributed by atoms with Crippen LogP contribution in [-0.4, -0.2) is 7.25 Å². The number of rotatable bonds is 6. The van der Waals surface area contributed by atoms with Crippen molar-refractivity contribution in [3.05, 3.63) is 180 Å². The fraction of sp³-hybridized carbons (Fsp3) is 0.100. The van der Waals surface area contributed by atoms with Crippen molar-refractivity contribution in [3.8, 4) is 0 Å². The first-order valence-corrected chi connectivity index (χ1v) is 18.7. The van der Waals surface area contributed by atoms with Gasteiger partial charge in [0.2, 0.25) is 0 Å². The Kier molecular flexibility index (Phi) is 10.7. The minimum atomic E-state index is -6.00. The summed E-state index contributed by atoms with van der Waals surface area (Å²) in [4.78, 5) is 0. The van der Waals surface area contributed by atoms with E-state index < -0.39 is 23.1 Å². The van der Waals surface area contributed by atoms with E-state index in [4.69, 9.17) is 0 Å². The molecule has 0 saturated carbocycles. The zero-order valence-corrected chi connectivity index (χ0v) is 27.8. The highest BCUT2D eigenvalue weighted by atomic mass is 31.1. The lowest BCUT2D eigenvalue weighted by Gasteiger charge is -2.24. The number of aryl methyl sites for hydroxylation is 4. The second-order valence-electron chi connectivity index (χ2n) is 11.6. The summed E-state index contributed by atoms with van der Waals surface area (Å²) >= 11 is 0. The van der Waals surface area contributed by atoms with Crippen LogP contribution in [0.25, 0.3) is 0 Å². The molecule has 47 heavy (non-hydrogen) atoms. The molecule has 4 aliphatic rings. The van der Waals surface area contributed by atoms with Crippen molar-refractivity contribution >= 4 is 54.9 Å². The summed E-state index contributed by atoms with van der Waals surface area (Å²) in [7, 11) is -7.78. The molecule has 6 aromatic carbocycles. The average molecular weight is 664 g/mol. The fourth-order valence-electron chi connectivity index (χ4n) is 6.24. The molecule has 0 heterocycles. The molecule has 0 radical (unpaired) electrons. The van der Waals surface area contributed by atoms with Gasteiger partial charge in [0, 0.05) is 0 Å². The van der Waals surface area contributed by atoms with Crippen molar-refractivity contribution in [3.63, 3.8) is 0 Å². The Balaban J connectivity index is 0.000000720. The summed E-state index contributed by atoms with van der Waals surface area (Å²) in [5.41, 5.74) is 5.87. The summed E-state index contributed by atoms with van der Waals surface area (Å²) in [5, 5.41) is 8.84. The Labute approximate surface area is 277 Å². The van der Waals surface area contributed by atoms with E-state index >= 15 is 0 Å². The smallest absolute Gasteiger partial charge is 0.418 e. The van der Waals surface area contributed by atoms with Crippen LogP contribution in [0.5, 0.6) is 0 Å². The van der Waals surface area contributed by atoms with E-state index in [1.165, 1.54) is 48.8 Å². The highest BCUT2D eigenvalue weighted by molar-refractivity contribution is 7.80. The molecule has 6 aromatic rings. The highest BCUT2D eigenvalue weighted by Crippen LogP contribution is 2.37. The first-order chi connectivity index (χ1) is 22.8.